The van der Waals surface area contributed by atoms with Gasteiger partial charge in [-0.2, -0.15) is 0 Å². The molecule has 0 saturated heterocycles. The molecule has 0 saturated carbocycles. The molecular formula is C18H17NO6. The van der Waals surface area contributed by atoms with Gasteiger partial charge in [-0.05, 0) is 23.3 Å². The van der Waals surface area contributed by atoms with Crippen LogP contribution in [0.5, 0.6) is 11.5 Å². The quantitative estimate of drug-likeness (QED) is 0.837. The summed E-state index contributed by atoms with van der Waals surface area (Å²) in [7, 11) is 0. The van der Waals surface area contributed by atoms with Gasteiger partial charge in [-0.3, -0.25) is 4.79 Å². The number of aliphatic carboxylic acids is 1. The van der Waals surface area contributed by atoms with Gasteiger partial charge in [0, 0.05) is 0 Å². The summed E-state index contributed by atoms with van der Waals surface area (Å²) in [5.41, 5.74) is 1.44. The van der Waals surface area contributed by atoms with Crippen molar-refractivity contribution in [2.24, 2.45) is 0 Å². The molecule has 25 heavy (non-hydrogen) atoms. The Bertz CT molecular complexity index is 761. The van der Waals surface area contributed by atoms with Gasteiger partial charge < -0.3 is 24.6 Å². The van der Waals surface area contributed by atoms with Crippen molar-refractivity contribution in [1.82, 2.24) is 5.32 Å². The highest BCUT2D eigenvalue weighted by Gasteiger charge is 2.22. The van der Waals surface area contributed by atoms with Crippen LogP contribution in [0.25, 0.3) is 0 Å². The molecule has 0 spiro atoms. The molecule has 1 amide bonds. The predicted molar refractivity (Wildman–Crippen MR) is 87.3 cm³/mol. The minimum atomic E-state index is -1.04. The molecule has 1 atom stereocenters. The number of alkyl carbamates (subject to hydrolysis) is 1. The zero-order chi connectivity index (χ0) is 17.6. The van der Waals surface area contributed by atoms with Crippen molar-refractivity contribution in [3.63, 3.8) is 0 Å². The molecule has 3 rings (SSSR count). The Balaban J connectivity index is 1.66. The maximum atomic E-state index is 12.0. The third-order valence-corrected chi connectivity index (χ3v) is 3.68. The molecule has 0 aromatic heterocycles. The number of ether oxygens (including phenoxy) is 3. The molecule has 1 aliphatic rings. The lowest BCUT2D eigenvalue weighted by atomic mass is 10.0. The number of carbonyl (C=O) groups is 2. The van der Waals surface area contributed by atoms with Gasteiger partial charge in [0.25, 0.3) is 0 Å². The van der Waals surface area contributed by atoms with Crippen molar-refractivity contribution >= 4 is 12.1 Å². The molecule has 2 aromatic rings. The van der Waals surface area contributed by atoms with Crippen LogP contribution in [-0.4, -0.2) is 24.0 Å². The van der Waals surface area contributed by atoms with Crippen molar-refractivity contribution in [2.75, 3.05) is 6.79 Å². The molecule has 2 aromatic carbocycles. The Morgan fingerprint density at radius 1 is 1.12 bits per heavy atom. The molecule has 2 N–H and O–H groups in total. The number of nitrogens with one attached hydrogen (secondary N) is 1. The van der Waals surface area contributed by atoms with Crippen molar-refractivity contribution in [1.29, 1.82) is 0 Å². The molecule has 0 bridgehead atoms. The average Bonchev–Trinajstić information content (AvgIpc) is 3.07. The number of hydrogen-bond donors (Lipinski definition) is 2. The predicted octanol–water partition coefficient (Wildman–Crippen LogP) is 2.86. The lowest BCUT2D eigenvalue weighted by Crippen LogP contribution is -2.30. The Morgan fingerprint density at radius 3 is 2.64 bits per heavy atom. The maximum absolute atomic E-state index is 12.0. The fraction of sp³-hybridized carbons (Fsp3) is 0.222. The van der Waals surface area contributed by atoms with Crippen LogP contribution in [0, 0.1) is 0 Å². The Morgan fingerprint density at radius 2 is 1.88 bits per heavy atom. The van der Waals surface area contributed by atoms with Gasteiger partial charge >= 0.3 is 12.1 Å². The van der Waals surface area contributed by atoms with Crippen LogP contribution in [-0.2, 0) is 16.1 Å². The van der Waals surface area contributed by atoms with Crippen LogP contribution in [0.2, 0.25) is 0 Å². The van der Waals surface area contributed by atoms with E-state index in [1.807, 2.05) is 30.3 Å². The maximum Gasteiger partial charge on any atom is 0.407 e. The highest BCUT2D eigenvalue weighted by molar-refractivity contribution is 5.72. The van der Waals surface area contributed by atoms with E-state index in [-0.39, 0.29) is 19.8 Å². The number of hydrogen-bond acceptors (Lipinski definition) is 5. The van der Waals surface area contributed by atoms with E-state index in [0.717, 1.165) is 5.56 Å². The number of rotatable bonds is 6. The Labute approximate surface area is 144 Å². The summed E-state index contributed by atoms with van der Waals surface area (Å²) in [4.78, 5) is 23.2. The van der Waals surface area contributed by atoms with Crippen molar-refractivity contribution in [3.8, 4) is 11.5 Å². The van der Waals surface area contributed by atoms with Gasteiger partial charge in [-0.15, -0.1) is 0 Å². The fourth-order valence-corrected chi connectivity index (χ4v) is 2.46. The number of benzene rings is 2. The zero-order valence-corrected chi connectivity index (χ0v) is 13.3. The minimum absolute atomic E-state index is 0.105. The van der Waals surface area contributed by atoms with E-state index in [4.69, 9.17) is 19.3 Å². The summed E-state index contributed by atoms with van der Waals surface area (Å²) in [6, 6.07) is 13.5. The normalized spacial score (nSPS) is 13.1. The number of fused-ring (bicyclic) bond motifs is 1. The van der Waals surface area contributed by atoms with E-state index in [9.17, 15) is 9.59 Å². The van der Waals surface area contributed by atoms with Gasteiger partial charge in [-0.25, -0.2) is 4.79 Å². The lowest BCUT2D eigenvalue weighted by molar-refractivity contribution is -0.137. The molecule has 1 unspecified atom stereocenters. The number of carboxylic acids is 1. The van der Waals surface area contributed by atoms with Gasteiger partial charge in [0.2, 0.25) is 6.79 Å². The van der Waals surface area contributed by atoms with Crippen LogP contribution in [0.3, 0.4) is 0 Å². The second kappa shape index (κ2) is 7.57. The average molecular weight is 343 g/mol. The van der Waals surface area contributed by atoms with Crippen molar-refractivity contribution in [3.05, 3.63) is 59.7 Å². The van der Waals surface area contributed by atoms with Gasteiger partial charge in [-0.1, -0.05) is 36.4 Å². The highest BCUT2D eigenvalue weighted by Crippen LogP contribution is 2.34. The molecule has 7 nitrogen and oxygen atoms in total. The van der Waals surface area contributed by atoms with E-state index >= 15 is 0 Å². The van der Waals surface area contributed by atoms with E-state index in [0.29, 0.717) is 17.1 Å². The van der Waals surface area contributed by atoms with Gasteiger partial charge in [0.1, 0.15) is 6.61 Å². The third kappa shape index (κ3) is 4.41. The molecule has 1 aliphatic heterocycles. The van der Waals surface area contributed by atoms with E-state index in [1.54, 1.807) is 18.2 Å². The van der Waals surface area contributed by atoms with Gasteiger partial charge in [0.05, 0.1) is 12.5 Å². The Kier molecular flexibility index (Phi) is 5.03. The van der Waals surface area contributed by atoms with Crippen LogP contribution >= 0.6 is 0 Å². The summed E-state index contributed by atoms with van der Waals surface area (Å²) in [6.07, 6.45) is -0.965. The zero-order valence-electron chi connectivity index (χ0n) is 13.3. The second-order valence-electron chi connectivity index (χ2n) is 5.47. The van der Waals surface area contributed by atoms with Crippen LogP contribution in [0.15, 0.2) is 48.5 Å². The fourth-order valence-electron chi connectivity index (χ4n) is 2.46. The number of amides is 1. The Hall–Kier alpha value is -3.22. The van der Waals surface area contributed by atoms with Crippen LogP contribution < -0.4 is 14.8 Å². The smallest absolute Gasteiger partial charge is 0.407 e. The summed E-state index contributed by atoms with van der Waals surface area (Å²) in [6.45, 7) is 0.225. The van der Waals surface area contributed by atoms with Crippen LogP contribution in [0.4, 0.5) is 4.79 Å². The molecule has 130 valence electrons. The standard InChI is InChI=1S/C18H17NO6/c20-17(21)9-14(13-6-7-15-16(8-13)25-11-24-15)19-18(22)23-10-12-4-2-1-3-5-12/h1-8,14H,9-11H2,(H,19,22)(H,20,21). The summed E-state index contributed by atoms with van der Waals surface area (Å²) in [5.74, 6) is 0.0721. The van der Waals surface area contributed by atoms with E-state index < -0.39 is 18.1 Å². The summed E-state index contributed by atoms with van der Waals surface area (Å²) < 4.78 is 15.7. The van der Waals surface area contributed by atoms with E-state index in [1.165, 1.54) is 0 Å². The summed E-state index contributed by atoms with van der Waals surface area (Å²) in [5, 5.41) is 11.7. The molecule has 0 fully saturated rings. The monoisotopic (exact) mass is 343 g/mol. The van der Waals surface area contributed by atoms with Crippen LogP contribution in [0.1, 0.15) is 23.6 Å². The topological polar surface area (TPSA) is 94.1 Å². The van der Waals surface area contributed by atoms with Gasteiger partial charge in [0.15, 0.2) is 11.5 Å². The van der Waals surface area contributed by atoms with E-state index in [2.05, 4.69) is 5.32 Å². The summed E-state index contributed by atoms with van der Waals surface area (Å²) >= 11 is 0. The first-order valence-electron chi connectivity index (χ1n) is 7.70. The second-order valence-corrected chi connectivity index (χ2v) is 5.47. The highest BCUT2D eigenvalue weighted by atomic mass is 16.7. The molecule has 0 aliphatic carbocycles. The van der Waals surface area contributed by atoms with Crippen molar-refractivity contribution in [2.45, 2.75) is 19.1 Å². The first-order chi connectivity index (χ1) is 12.1. The molecule has 0 radical (unpaired) electrons. The number of carboxylic acid groups (broad SMARTS) is 1. The SMILES string of the molecule is O=C(O)CC(NC(=O)OCc1ccccc1)c1ccc2c(c1)OCO2. The minimum Gasteiger partial charge on any atom is -0.481 e. The molecule has 1 heterocycles. The largest absolute Gasteiger partial charge is 0.481 e. The number of carbonyl (C=O) groups excluding carboxylic acids is 1. The first-order valence-corrected chi connectivity index (χ1v) is 7.70. The molecule has 7 heteroatoms. The molecular weight excluding hydrogens is 326 g/mol. The first kappa shape index (κ1) is 16.6. The van der Waals surface area contributed by atoms with Crippen molar-refractivity contribution < 1.29 is 28.9 Å². The third-order valence-electron chi connectivity index (χ3n) is 3.68. The lowest BCUT2D eigenvalue weighted by Gasteiger charge is -2.17.